The first-order chi connectivity index (χ1) is 12.1. The lowest BCUT2D eigenvalue weighted by Crippen LogP contribution is -1.99. The van der Waals surface area contributed by atoms with Crippen LogP contribution < -0.4 is 18.9 Å². The summed E-state index contributed by atoms with van der Waals surface area (Å²) < 4.78 is 22.0. The van der Waals surface area contributed by atoms with Crippen LogP contribution in [0.5, 0.6) is 23.0 Å². The summed E-state index contributed by atoms with van der Waals surface area (Å²) in [6.45, 7) is 4.35. The van der Waals surface area contributed by atoms with Gasteiger partial charge in [0.2, 0.25) is 5.78 Å². The van der Waals surface area contributed by atoms with Crippen LogP contribution in [-0.4, -0.2) is 26.6 Å². The van der Waals surface area contributed by atoms with Crippen LogP contribution in [0.3, 0.4) is 0 Å². The van der Waals surface area contributed by atoms with Crippen LogP contribution in [0.15, 0.2) is 36.1 Å². The average Bonchev–Trinajstić information content (AvgIpc) is 2.94. The molecule has 0 bridgehead atoms. The van der Waals surface area contributed by atoms with Crippen molar-refractivity contribution in [2.24, 2.45) is 0 Å². The zero-order chi connectivity index (χ0) is 18.0. The zero-order valence-corrected chi connectivity index (χ0v) is 14.7. The van der Waals surface area contributed by atoms with Gasteiger partial charge in [0.05, 0.1) is 26.4 Å². The lowest BCUT2D eigenvalue weighted by molar-refractivity contribution is 0.101. The van der Waals surface area contributed by atoms with E-state index < -0.39 is 0 Å². The molecule has 0 amide bonds. The molecule has 2 aromatic rings. The van der Waals surface area contributed by atoms with Gasteiger partial charge in [0.15, 0.2) is 5.76 Å². The van der Waals surface area contributed by atoms with Crippen molar-refractivity contribution >= 4 is 11.9 Å². The maximum absolute atomic E-state index is 12.7. The maximum atomic E-state index is 12.7. The molecule has 3 rings (SSSR count). The summed E-state index contributed by atoms with van der Waals surface area (Å²) in [7, 11) is 3.17. The van der Waals surface area contributed by atoms with E-state index in [9.17, 15) is 4.79 Å². The van der Waals surface area contributed by atoms with Crippen LogP contribution in [0.1, 0.15) is 28.4 Å². The van der Waals surface area contributed by atoms with E-state index in [-0.39, 0.29) is 11.5 Å². The Bertz CT molecular complexity index is 851. The number of fused-ring (bicyclic) bond motifs is 1. The first-order valence-electron chi connectivity index (χ1n) is 8.01. The Morgan fingerprint density at radius 2 is 1.84 bits per heavy atom. The lowest BCUT2D eigenvalue weighted by Gasteiger charge is -2.10. The number of hydrogen-bond donors (Lipinski definition) is 0. The second kappa shape index (κ2) is 6.89. The van der Waals surface area contributed by atoms with Crippen molar-refractivity contribution < 1.29 is 23.7 Å². The van der Waals surface area contributed by atoms with E-state index in [1.807, 2.05) is 13.8 Å². The molecule has 0 radical (unpaired) electrons. The molecule has 1 heterocycles. The Balaban J connectivity index is 2.02. The molecule has 0 saturated carbocycles. The summed E-state index contributed by atoms with van der Waals surface area (Å²) in [4.78, 5) is 12.7. The molecular formula is C20H20O5. The molecule has 0 spiro atoms. The molecule has 130 valence electrons. The number of benzene rings is 2. The molecule has 0 fully saturated rings. The highest BCUT2D eigenvalue weighted by atomic mass is 16.5. The molecule has 25 heavy (non-hydrogen) atoms. The summed E-state index contributed by atoms with van der Waals surface area (Å²) in [6, 6.07) is 8.92. The summed E-state index contributed by atoms with van der Waals surface area (Å²) in [5.74, 6) is 2.65. The van der Waals surface area contributed by atoms with E-state index in [1.54, 1.807) is 50.6 Å². The Labute approximate surface area is 146 Å². The molecule has 5 nitrogen and oxygen atoms in total. The molecule has 1 aliphatic rings. The predicted molar refractivity (Wildman–Crippen MR) is 94.8 cm³/mol. The molecule has 0 N–H and O–H groups in total. The Hall–Kier alpha value is -2.95. The van der Waals surface area contributed by atoms with Gasteiger partial charge in [-0.3, -0.25) is 4.79 Å². The second-order valence-electron chi connectivity index (χ2n) is 5.55. The lowest BCUT2D eigenvalue weighted by atomic mass is 10.1. The van der Waals surface area contributed by atoms with Crippen molar-refractivity contribution in [3.8, 4) is 23.0 Å². The number of ether oxygens (including phenoxy) is 4. The fraction of sp³-hybridized carbons (Fsp3) is 0.250. The Morgan fingerprint density at radius 1 is 1.08 bits per heavy atom. The smallest absolute Gasteiger partial charge is 0.231 e. The Kier molecular flexibility index (Phi) is 4.65. The largest absolute Gasteiger partial charge is 0.497 e. The maximum Gasteiger partial charge on any atom is 0.231 e. The van der Waals surface area contributed by atoms with Crippen LogP contribution in [0, 0.1) is 6.92 Å². The van der Waals surface area contributed by atoms with Gasteiger partial charge in [-0.25, -0.2) is 0 Å². The van der Waals surface area contributed by atoms with Gasteiger partial charge in [-0.05, 0) is 50.3 Å². The second-order valence-corrected chi connectivity index (χ2v) is 5.55. The van der Waals surface area contributed by atoms with E-state index in [0.29, 0.717) is 40.7 Å². The van der Waals surface area contributed by atoms with Gasteiger partial charge in [-0.2, -0.15) is 0 Å². The summed E-state index contributed by atoms with van der Waals surface area (Å²) in [5.41, 5.74) is 2.06. The number of ketones is 1. The van der Waals surface area contributed by atoms with E-state index >= 15 is 0 Å². The van der Waals surface area contributed by atoms with Crippen LogP contribution in [0.25, 0.3) is 6.08 Å². The molecule has 1 aliphatic heterocycles. The number of carbonyl (C=O) groups is 1. The SMILES string of the molecule is CCOc1ccc2c(c1C)O/C(=C\c1cc(OC)ccc1OC)C2=O. The third kappa shape index (κ3) is 3.05. The number of allylic oxidation sites excluding steroid dienone is 1. The number of methoxy groups -OCH3 is 2. The minimum absolute atomic E-state index is 0.161. The quantitative estimate of drug-likeness (QED) is 0.769. The number of carbonyl (C=O) groups excluding carboxylic acids is 1. The van der Waals surface area contributed by atoms with Crippen LogP contribution in [0.2, 0.25) is 0 Å². The molecule has 0 aliphatic carbocycles. The van der Waals surface area contributed by atoms with Crippen molar-refractivity contribution in [2.75, 3.05) is 20.8 Å². The zero-order valence-electron chi connectivity index (χ0n) is 14.7. The minimum atomic E-state index is -0.161. The highest BCUT2D eigenvalue weighted by Crippen LogP contribution is 2.40. The van der Waals surface area contributed by atoms with Crippen LogP contribution >= 0.6 is 0 Å². The predicted octanol–water partition coefficient (Wildman–Crippen LogP) is 4.03. The molecular weight excluding hydrogens is 320 g/mol. The van der Waals surface area contributed by atoms with E-state index in [4.69, 9.17) is 18.9 Å². The minimum Gasteiger partial charge on any atom is -0.497 e. The average molecular weight is 340 g/mol. The van der Waals surface area contributed by atoms with Crippen molar-refractivity contribution in [3.63, 3.8) is 0 Å². The Morgan fingerprint density at radius 3 is 2.52 bits per heavy atom. The van der Waals surface area contributed by atoms with Crippen LogP contribution in [0.4, 0.5) is 0 Å². The van der Waals surface area contributed by atoms with Crippen LogP contribution in [-0.2, 0) is 0 Å². The highest BCUT2D eigenvalue weighted by Gasteiger charge is 2.30. The van der Waals surface area contributed by atoms with Gasteiger partial charge in [0.25, 0.3) is 0 Å². The van der Waals surface area contributed by atoms with E-state index in [2.05, 4.69) is 0 Å². The summed E-state index contributed by atoms with van der Waals surface area (Å²) >= 11 is 0. The standard InChI is InChI=1S/C20H20O5/c1-5-24-16-9-7-15-19(21)18(25-20(15)12(16)2)11-13-10-14(22-3)6-8-17(13)23-4/h6-11H,5H2,1-4H3/b18-11-. The molecule has 0 aromatic heterocycles. The monoisotopic (exact) mass is 340 g/mol. The van der Waals surface area contributed by atoms with Crippen molar-refractivity contribution in [1.82, 2.24) is 0 Å². The molecule has 2 aromatic carbocycles. The van der Waals surface area contributed by atoms with Crippen molar-refractivity contribution in [1.29, 1.82) is 0 Å². The topological polar surface area (TPSA) is 54.0 Å². The fourth-order valence-electron chi connectivity index (χ4n) is 2.77. The number of Topliss-reactive ketones (excluding diaryl/α,β-unsaturated/α-hetero) is 1. The van der Waals surface area contributed by atoms with Gasteiger partial charge >= 0.3 is 0 Å². The van der Waals surface area contributed by atoms with Crippen molar-refractivity contribution in [3.05, 3.63) is 52.8 Å². The highest BCUT2D eigenvalue weighted by molar-refractivity contribution is 6.15. The number of hydrogen-bond acceptors (Lipinski definition) is 5. The third-order valence-corrected chi connectivity index (χ3v) is 4.06. The van der Waals surface area contributed by atoms with E-state index in [1.165, 1.54) is 0 Å². The third-order valence-electron chi connectivity index (χ3n) is 4.06. The van der Waals surface area contributed by atoms with E-state index in [0.717, 1.165) is 5.56 Å². The number of rotatable bonds is 5. The van der Waals surface area contributed by atoms with Gasteiger partial charge < -0.3 is 18.9 Å². The summed E-state index contributed by atoms with van der Waals surface area (Å²) in [6.07, 6.45) is 1.67. The first kappa shape index (κ1) is 16.9. The van der Waals surface area contributed by atoms with Gasteiger partial charge in [-0.15, -0.1) is 0 Å². The van der Waals surface area contributed by atoms with Gasteiger partial charge in [0, 0.05) is 11.1 Å². The normalized spacial score (nSPS) is 14.2. The fourth-order valence-corrected chi connectivity index (χ4v) is 2.77. The molecule has 5 heteroatoms. The molecule has 0 saturated heterocycles. The summed E-state index contributed by atoms with van der Waals surface area (Å²) in [5, 5.41) is 0. The molecule has 0 atom stereocenters. The van der Waals surface area contributed by atoms with Gasteiger partial charge in [-0.1, -0.05) is 0 Å². The first-order valence-corrected chi connectivity index (χ1v) is 8.01. The van der Waals surface area contributed by atoms with Crippen molar-refractivity contribution in [2.45, 2.75) is 13.8 Å². The van der Waals surface area contributed by atoms with Gasteiger partial charge in [0.1, 0.15) is 23.0 Å². The molecule has 0 unspecified atom stereocenters.